The van der Waals surface area contributed by atoms with Crippen molar-refractivity contribution in [2.24, 2.45) is 0 Å². The first-order valence-electron chi connectivity index (χ1n) is 6.46. The normalized spacial score (nSPS) is 15.2. The molecule has 96 valence electrons. The van der Waals surface area contributed by atoms with E-state index in [1.54, 1.807) is 4.90 Å². The van der Waals surface area contributed by atoms with E-state index in [9.17, 15) is 4.79 Å². The van der Waals surface area contributed by atoms with Crippen molar-refractivity contribution in [3.05, 3.63) is 47.7 Å². The van der Waals surface area contributed by atoms with Crippen LogP contribution < -0.4 is 0 Å². The van der Waals surface area contributed by atoms with Gasteiger partial charge >= 0.3 is 6.09 Å². The quantitative estimate of drug-likeness (QED) is 0.812. The SMILES string of the molecule is CCC1=CN(C(=O)OCc2ccccc2)CCC1. The van der Waals surface area contributed by atoms with E-state index >= 15 is 0 Å². The highest BCUT2D eigenvalue weighted by Gasteiger charge is 2.17. The first-order chi connectivity index (χ1) is 8.79. The molecule has 3 heteroatoms. The molecule has 0 atom stereocenters. The topological polar surface area (TPSA) is 29.5 Å². The minimum Gasteiger partial charge on any atom is -0.444 e. The molecular weight excluding hydrogens is 226 g/mol. The smallest absolute Gasteiger partial charge is 0.414 e. The van der Waals surface area contributed by atoms with Gasteiger partial charge in [-0.05, 0) is 24.8 Å². The van der Waals surface area contributed by atoms with E-state index in [4.69, 9.17) is 4.74 Å². The van der Waals surface area contributed by atoms with Crippen LogP contribution in [0.2, 0.25) is 0 Å². The van der Waals surface area contributed by atoms with Gasteiger partial charge in [-0.1, -0.05) is 42.8 Å². The Morgan fingerprint density at radius 3 is 2.83 bits per heavy atom. The number of carbonyl (C=O) groups excluding carboxylic acids is 1. The van der Waals surface area contributed by atoms with Crippen LogP contribution in [0.1, 0.15) is 31.7 Å². The number of rotatable bonds is 3. The maximum atomic E-state index is 11.9. The van der Waals surface area contributed by atoms with Crippen LogP contribution >= 0.6 is 0 Å². The number of amides is 1. The maximum Gasteiger partial charge on any atom is 0.414 e. The zero-order chi connectivity index (χ0) is 12.8. The Kier molecular flexibility index (Phi) is 4.40. The largest absolute Gasteiger partial charge is 0.444 e. The Morgan fingerprint density at radius 2 is 2.11 bits per heavy atom. The predicted molar refractivity (Wildman–Crippen MR) is 70.9 cm³/mol. The van der Waals surface area contributed by atoms with Crippen molar-refractivity contribution in [3.63, 3.8) is 0 Å². The van der Waals surface area contributed by atoms with Crippen LogP contribution in [-0.2, 0) is 11.3 Å². The average molecular weight is 245 g/mol. The summed E-state index contributed by atoms with van der Waals surface area (Å²) in [6, 6.07) is 9.75. The number of hydrogen-bond acceptors (Lipinski definition) is 2. The number of hydrogen-bond donors (Lipinski definition) is 0. The van der Waals surface area contributed by atoms with Crippen molar-refractivity contribution >= 4 is 6.09 Å². The minimum absolute atomic E-state index is 0.246. The van der Waals surface area contributed by atoms with Crippen LogP contribution in [0.25, 0.3) is 0 Å². The lowest BCUT2D eigenvalue weighted by Crippen LogP contribution is -2.30. The molecule has 1 aliphatic rings. The highest BCUT2D eigenvalue weighted by atomic mass is 16.6. The number of nitrogens with zero attached hydrogens (tertiary/aromatic N) is 1. The third-order valence-electron chi connectivity index (χ3n) is 3.13. The second-order valence-corrected chi connectivity index (χ2v) is 4.48. The van der Waals surface area contributed by atoms with Crippen molar-refractivity contribution < 1.29 is 9.53 Å². The van der Waals surface area contributed by atoms with Gasteiger partial charge in [0.25, 0.3) is 0 Å². The molecule has 2 rings (SSSR count). The Bertz CT molecular complexity index is 425. The molecule has 0 aliphatic carbocycles. The Balaban J connectivity index is 1.88. The van der Waals surface area contributed by atoms with Crippen LogP contribution in [0.4, 0.5) is 4.79 Å². The summed E-state index contributed by atoms with van der Waals surface area (Å²) in [5, 5.41) is 0. The van der Waals surface area contributed by atoms with E-state index in [1.807, 2.05) is 36.5 Å². The molecule has 18 heavy (non-hydrogen) atoms. The van der Waals surface area contributed by atoms with Crippen LogP contribution in [0.15, 0.2) is 42.1 Å². The Hall–Kier alpha value is -1.77. The summed E-state index contributed by atoms with van der Waals surface area (Å²) in [5.41, 5.74) is 2.33. The third-order valence-corrected chi connectivity index (χ3v) is 3.13. The summed E-state index contributed by atoms with van der Waals surface area (Å²) in [7, 11) is 0. The molecule has 1 amide bonds. The van der Waals surface area contributed by atoms with E-state index in [-0.39, 0.29) is 6.09 Å². The molecule has 1 aromatic rings. The maximum absolute atomic E-state index is 11.9. The zero-order valence-corrected chi connectivity index (χ0v) is 10.8. The van der Waals surface area contributed by atoms with Crippen LogP contribution in [0, 0.1) is 0 Å². The van der Waals surface area contributed by atoms with Gasteiger partial charge in [-0.2, -0.15) is 0 Å². The van der Waals surface area contributed by atoms with Crippen LogP contribution in [-0.4, -0.2) is 17.5 Å². The second kappa shape index (κ2) is 6.24. The van der Waals surface area contributed by atoms with Gasteiger partial charge in [-0.3, -0.25) is 4.90 Å². The van der Waals surface area contributed by atoms with E-state index in [2.05, 4.69) is 6.92 Å². The fourth-order valence-electron chi connectivity index (χ4n) is 2.04. The first-order valence-corrected chi connectivity index (χ1v) is 6.46. The summed E-state index contributed by atoms with van der Waals surface area (Å²) >= 11 is 0. The molecule has 0 saturated heterocycles. The molecule has 0 unspecified atom stereocenters. The molecule has 0 radical (unpaired) electrons. The summed E-state index contributed by atoms with van der Waals surface area (Å²) in [6.07, 6.45) is 4.82. The van der Waals surface area contributed by atoms with Gasteiger partial charge in [-0.25, -0.2) is 4.79 Å². The second-order valence-electron chi connectivity index (χ2n) is 4.48. The standard InChI is InChI=1S/C15H19NO2/c1-2-13-9-6-10-16(11-13)15(17)18-12-14-7-4-3-5-8-14/h3-5,7-8,11H,2,6,9-10,12H2,1H3. The van der Waals surface area contributed by atoms with Gasteiger partial charge in [0.2, 0.25) is 0 Å². The average Bonchev–Trinajstić information content (AvgIpc) is 2.46. The van der Waals surface area contributed by atoms with Crippen LogP contribution in [0.5, 0.6) is 0 Å². The molecule has 3 nitrogen and oxygen atoms in total. The number of allylic oxidation sites excluding steroid dienone is 1. The molecule has 0 spiro atoms. The highest BCUT2D eigenvalue weighted by Crippen LogP contribution is 2.18. The summed E-state index contributed by atoms with van der Waals surface area (Å²) in [4.78, 5) is 13.6. The number of ether oxygens (including phenoxy) is 1. The Labute approximate surface area is 108 Å². The van der Waals surface area contributed by atoms with Crippen molar-refractivity contribution in [1.82, 2.24) is 4.90 Å². The summed E-state index contributed by atoms with van der Waals surface area (Å²) < 4.78 is 5.30. The monoisotopic (exact) mass is 245 g/mol. The molecule has 1 aliphatic heterocycles. The molecule has 1 heterocycles. The molecule has 0 aromatic heterocycles. The molecule has 0 N–H and O–H groups in total. The minimum atomic E-state index is -0.246. The predicted octanol–water partition coefficient (Wildman–Crippen LogP) is 3.71. The van der Waals surface area contributed by atoms with Crippen molar-refractivity contribution in [2.45, 2.75) is 32.8 Å². The molecular formula is C15H19NO2. The fraction of sp³-hybridized carbons (Fsp3) is 0.400. The van der Waals surface area contributed by atoms with Gasteiger partial charge in [-0.15, -0.1) is 0 Å². The number of benzene rings is 1. The molecule has 0 fully saturated rings. The fourth-order valence-corrected chi connectivity index (χ4v) is 2.04. The van der Waals surface area contributed by atoms with Crippen LogP contribution in [0.3, 0.4) is 0 Å². The van der Waals surface area contributed by atoms with Gasteiger partial charge in [0.15, 0.2) is 0 Å². The zero-order valence-electron chi connectivity index (χ0n) is 10.8. The van der Waals surface area contributed by atoms with Gasteiger partial charge in [0, 0.05) is 12.7 Å². The lowest BCUT2D eigenvalue weighted by molar-refractivity contribution is 0.108. The molecule has 1 aromatic carbocycles. The molecule has 0 saturated carbocycles. The molecule has 0 bridgehead atoms. The third kappa shape index (κ3) is 3.36. The summed E-state index contributed by atoms with van der Waals surface area (Å²) in [6.45, 7) is 3.22. The highest BCUT2D eigenvalue weighted by molar-refractivity contribution is 5.69. The lowest BCUT2D eigenvalue weighted by Gasteiger charge is -2.24. The van der Waals surface area contributed by atoms with Gasteiger partial charge in [0.05, 0.1) is 0 Å². The van der Waals surface area contributed by atoms with Crippen molar-refractivity contribution in [3.8, 4) is 0 Å². The lowest BCUT2D eigenvalue weighted by atomic mass is 10.1. The first kappa shape index (κ1) is 12.7. The van der Waals surface area contributed by atoms with E-state index in [1.165, 1.54) is 5.57 Å². The van der Waals surface area contributed by atoms with Gasteiger partial charge in [0.1, 0.15) is 6.61 Å². The number of carbonyl (C=O) groups is 1. The Morgan fingerprint density at radius 1 is 1.33 bits per heavy atom. The van der Waals surface area contributed by atoms with E-state index < -0.39 is 0 Å². The van der Waals surface area contributed by atoms with Gasteiger partial charge < -0.3 is 4.74 Å². The summed E-state index contributed by atoms with van der Waals surface area (Å²) in [5.74, 6) is 0. The van der Waals surface area contributed by atoms with E-state index in [0.29, 0.717) is 6.61 Å². The van der Waals surface area contributed by atoms with E-state index in [0.717, 1.165) is 31.4 Å². The van der Waals surface area contributed by atoms with Crippen molar-refractivity contribution in [1.29, 1.82) is 0 Å². The van der Waals surface area contributed by atoms with Crippen molar-refractivity contribution in [2.75, 3.05) is 6.54 Å².